The summed E-state index contributed by atoms with van der Waals surface area (Å²) in [6.07, 6.45) is 2.35. The molecule has 0 aliphatic rings. The molecule has 1 aromatic carbocycles. The third-order valence-electron chi connectivity index (χ3n) is 2.64. The van der Waals surface area contributed by atoms with Crippen LogP contribution in [0, 0.1) is 5.82 Å². The standard InChI is InChI=1S/C13H12BrFN2O2/c1-2-5-17-7-9(13(18)19)12(16-17)8-3-4-11(15)10(14)6-8/h3-4,6-7H,2,5H2,1H3,(H,18,19). The molecule has 0 saturated heterocycles. The number of carbonyl (C=O) groups is 1. The van der Waals surface area contributed by atoms with Crippen LogP contribution < -0.4 is 0 Å². The number of carboxylic acid groups (broad SMARTS) is 1. The average molecular weight is 327 g/mol. The number of halogens is 2. The third-order valence-corrected chi connectivity index (χ3v) is 3.25. The fourth-order valence-electron chi connectivity index (χ4n) is 1.78. The molecule has 2 rings (SSSR count). The van der Waals surface area contributed by atoms with Gasteiger partial charge in [-0.3, -0.25) is 4.68 Å². The highest BCUT2D eigenvalue weighted by molar-refractivity contribution is 9.10. The summed E-state index contributed by atoms with van der Waals surface area (Å²) < 4.78 is 15.1. The van der Waals surface area contributed by atoms with Crippen molar-refractivity contribution in [2.24, 2.45) is 0 Å². The van der Waals surface area contributed by atoms with Gasteiger partial charge in [-0.25, -0.2) is 9.18 Å². The number of benzene rings is 1. The van der Waals surface area contributed by atoms with Crippen LogP contribution in [0.2, 0.25) is 0 Å². The molecule has 0 saturated carbocycles. The average Bonchev–Trinajstić information content (AvgIpc) is 2.77. The summed E-state index contributed by atoms with van der Waals surface area (Å²) in [5.41, 5.74) is 1.04. The van der Waals surface area contributed by atoms with Crippen LogP contribution in [0.3, 0.4) is 0 Å². The summed E-state index contributed by atoms with van der Waals surface area (Å²) in [6, 6.07) is 4.33. The summed E-state index contributed by atoms with van der Waals surface area (Å²) in [5, 5.41) is 13.4. The number of aromatic nitrogens is 2. The quantitative estimate of drug-likeness (QED) is 0.934. The summed E-state index contributed by atoms with van der Waals surface area (Å²) in [4.78, 5) is 11.2. The maximum atomic E-state index is 13.2. The Kier molecular flexibility index (Phi) is 3.99. The highest BCUT2D eigenvalue weighted by Gasteiger charge is 2.17. The van der Waals surface area contributed by atoms with Crippen molar-refractivity contribution < 1.29 is 14.3 Å². The number of rotatable bonds is 4. The summed E-state index contributed by atoms with van der Waals surface area (Å²) in [7, 11) is 0. The molecule has 0 aliphatic carbocycles. The molecule has 1 heterocycles. The number of hydrogen-bond acceptors (Lipinski definition) is 2. The fourth-order valence-corrected chi connectivity index (χ4v) is 2.16. The fraction of sp³-hybridized carbons (Fsp3) is 0.231. The molecular weight excluding hydrogens is 315 g/mol. The van der Waals surface area contributed by atoms with Gasteiger partial charge in [-0.15, -0.1) is 0 Å². The van der Waals surface area contributed by atoms with Gasteiger partial charge in [0.25, 0.3) is 0 Å². The molecule has 1 aromatic heterocycles. The lowest BCUT2D eigenvalue weighted by atomic mass is 10.1. The van der Waals surface area contributed by atoms with Gasteiger partial charge in [0, 0.05) is 18.3 Å². The Morgan fingerprint density at radius 2 is 2.26 bits per heavy atom. The highest BCUT2D eigenvalue weighted by Crippen LogP contribution is 2.27. The molecule has 0 aliphatic heterocycles. The van der Waals surface area contributed by atoms with Gasteiger partial charge in [-0.2, -0.15) is 5.10 Å². The first-order valence-electron chi connectivity index (χ1n) is 5.79. The van der Waals surface area contributed by atoms with Crippen LogP contribution in [0.15, 0.2) is 28.9 Å². The number of nitrogens with zero attached hydrogens (tertiary/aromatic N) is 2. The van der Waals surface area contributed by atoms with Crippen molar-refractivity contribution in [1.82, 2.24) is 9.78 Å². The van der Waals surface area contributed by atoms with E-state index in [-0.39, 0.29) is 10.0 Å². The normalized spacial score (nSPS) is 10.7. The molecule has 1 N–H and O–H groups in total. The summed E-state index contributed by atoms with van der Waals surface area (Å²) >= 11 is 3.09. The minimum atomic E-state index is -1.04. The second-order valence-corrected chi connectivity index (χ2v) is 4.94. The Morgan fingerprint density at radius 3 is 2.84 bits per heavy atom. The molecule has 0 amide bonds. The van der Waals surface area contributed by atoms with Crippen LogP contribution >= 0.6 is 15.9 Å². The largest absolute Gasteiger partial charge is 0.478 e. The van der Waals surface area contributed by atoms with Gasteiger partial charge in [0.2, 0.25) is 0 Å². The zero-order chi connectivity index (χ0) is 14.0. The van der Waals surface area contributed by atoms with Crippen LogP contribution in [0.4, 0.5) is 4.39 Å². The van der Waals surface area contributed by atoms with Crippen molar-refractivity contribution >= 4 is 21.9 Å². The van der Waals surface area contributed by atoms with Crippen molar-refractivity contribution in [2.45, 2.75) is 19.9 Å². The second-order valence-electron chi connectivity index (χ2n) is 4.09. The van der Waals surface area contributed by atoms with E-state index in [1.807, 2.05) is 6.92 Å². The van der Waals surface area contributed by atoms with Crippen molar-refractivity contribution in [3.8, 4) is 11.3 Å². The minimum Gasteiger partial charge on any atom is -0.478 e. The Morgan fingerprint density at radius 1 is 1.53 bits per heavy atom. The van der Waals surface area contributed by atoms with Crippen LogP contribution in [0.1, 0.15) is 23.7 Å². The minimum absolute atomic E-state index is 0.118. The molecule has 100 valence electrons. The molecule has 2 aromatic rings. The van der Waals surface area contributed by atoms with E-state index in [0.717, 1.165) is 6.42 Å². The molecule has 19 heavy (non-hydrogen) atoms. The molecule has 0 fully saturated rings. The molecule has 0 unspecified atom stereocenters. The van der Waals surface area contributed by atoms with E-state index in [2.05, 4.69) is 21.0 Å². The van der Waals surface area contributed by atoms with E-state index >= 15 is 0 Å². The Bertz CT molecular complexity index is 625. The van der Waals surface area contributed by atoms with Gasteiger partial charge in [0.05, 0.1) is 4.47 Å². The molecule has 0 bridgehead atoms. The molecule has 0 radical (unpaired) electrons. The molecule has 6 heteroatoms. The lowest BCUT2D eigenvalue weighted by Crippen LogP contribution is -1.97. The predicted molar refractivity (Wildman–Crippen MR) is 72.6 cm³/mol. The molecule has 0 atom stereocenters. The van der Waals surface area contributed by atoms with Crippen molar-refractivity contribution in [3.63, 3.8) is 0 Å². The highest BCUT2D eigenvalue weighted by atomic mass is 79.9. The smallest absolute Gasteiger partial charge is 0.339 e. The van der Waals surface area contributed by atoms with Crippen LogP contribution in [0.25, 0.3) is 11.3 Å². The van der Waals surface area contributed by atoms with Crippen molar-refractivity contribution in [2.75, 3.05) is 0 Å². The van der Waals surface area contributed by atoms with Crippen LogP contribution in [0.5, 0.6) is 0 Å². The van der Waals surface area contributed by atoms with E-state index in [0.29, 0.717) is 17.8 Å². The van der Waals surface area contributed by atoms with Gasteiger partial charge < -0.3 is 5.11 Å². The maximum Gasteiger partial charge on any atom is 0.339 e. The van der Waals surface area contributed by atoms with Gasteiger partial charge in [-0.1, -0.05) is 6.92 Å². The topological polar surface area (TPSA) is 55.1 Å². The van der Waals surface area contributed by atoms with Gasteiger partial charge in [-0.05, 0) is 40.5 Å². The van der Waals surface area contributed by atoms with Crippen molar-refractivity contribution in [3.05, 3.63) is 40.2 Å². The maximum absolute atomic E-state index is 13.2. The number of aryl methyl sites for hydroxylation is 1. The first-order chi connectivity index (χ1) is 9.02. The van der Waals surface area contributed by atoms with E-state index in [1.54, 1.807) is 4.68 Å². The predicted octanol–water partition coefficient (Wildman–Crippen LogP) is 3.56. The van der Waals surface area contributed by atoms with E-state index < -0.39 is 11.8 Å². The lowest BCUT2D eigenvalue weighted by molar-refractivity contribution is 0.0697. The Hall–Kier alpha value is -1.69. The zero-order valence-corrected chi connectivity index (χ0v) is 11.8. The van der Waals surface area contributed by atoms with Gasteiger partial charge >= 0.3 is 5.97 Å². The zero-order valence-electron chi connectivity index (χ0n) is 10.2. The number of hydrogen-bond donors (Lipinski definition) is 1. The molecular formula is C13H12BrFN2O2. The molecule has 4 nitrogen and oxygen atoms in total. The first kappa shape index (κ1) is 13.7. The monoisotopic (exact) mass is 326 g/mol. The Balaban J connectivity index is 2.53. The van der Waals surface area contributed by atoms with Crippen LogP contribution in [-0.2, 0) is 6.54 Å². The van der Waals surface area contributed by atoms with Crippen molar-refractivity contribution in [1.29, 1.82) is 0 Å². The van der Waals surface area contributed by atoms with E-state index in [9.17, 15) is 14.3 Å². The van der Waals surface area contributed by atoms with Gasteiger partial charge in [0.1, 0.15) is 17.1 Å². The van der Waals surface area contributed by atoms with E-state index in [4.69, 9.17) is 0 Å². The summed E-state index contributed by atoms with van der Waals surface area (Å²) in [5.74, 6) is -1.44. The third kappa shape index (κ3) is 2.84. The second kappa shape index (κ2) is 5.52. The first-order valence-corrected chi connectivity index (χ1v) is 6.58. The lowest BCUT2D eigenvalue weighted by Gasteiger charge is -2.01. The van der Waals surface area contributed by atoms with Crippen LogP contribution in [-0.4, -0.2) is 20.9 Å². The van der Waals surface area contributed by atoms with E-state index in [1.165, 1.54) is 24.4 Å². The summed E-state index contributed by atoms with van der Waals surface area (Å²) in [6.45, 7) is 2.62. The number of aromatic carboxylic acids is 1. The Labute approximate surface area is 118 Å². The van der Waals surface area contributed by atoms with Gasteiger partial charge in [0.15, 0.2) is 0 Å². The molecule has 0 spiro atoms. The number of carboxylic acids is 1. The SMILES string of the molecule is CCCn1cc(C(=O)O)c(-c2ccc(F)c(Br)c2)n1.